The Morgan fingerprint density at radius 1 is 0.946 bits per heavy atom. The van der Waals surface area contributed by atoms with Gasteiger partial charge in [0.1, 0.15) is 18.3 Å². The molecule has 0 aliphatic heterocycles. The fourth-order valence-electron chi connectivity index (χ4n) is 3.91. The maximum absolute atomic E-state index is 13.8. The summed E-state index contributed by atoms with van der Waals surface area (Å²) in [7, 11) is -1.21. The van der Waals surface area contributed by atoms with Crippen molar-refractivity contribution in [1.29, 1.82) is 0 Å². The van der Waals surface area contributed by atoms with E-state index in [9.17, 15) is 18.0 Å². The number of nitrogens with zero attached hydrogens (tertiary/aromatic N) is 2. The standard InChI is InChI=1S/C28H33N3O5S/c1-20-11-14-23(15-12-20)18-30(22(3)28(33)29-4)27(32)19-31(25-17-21(2)13-16-26(25)36-5)37(34,35)24-9-7-6-8-10-24/h6-17,22H,18-19H2,1-5H3,(H,29,33)/t22-/m0/s1. The summed E-state index contributed by atoms with van der Waals surface area (Å²) in [5.41, 5.74) is 2.92. The van der Waals surface area contributed by atoms with Crippen molar-refractivity contribution < 1.29 is 22.7 Å². The molecule has 0 heterocycles. The Hall–Kier alpha value is -3.85. The summed E-state index contributed by atoms with van der Waals surface area (Å²) in [5, 5.41) is 2.58. The van der Waals surface area contributed by atoms with Gasteiger partial charge in [-0.05, 0) is 56.2 Å². The summed E-state index contributed by atoms with van der Waals surface area (Å²) in [6, 6.07) is 19.8. The molecule has 0 saturated heterocycles. The lowest BCUT2D eigenvalue weighted by molar-refractivity contribution is -0.139. The Balaban J connectivity index is 2.09. The summed E-state index contributed by atoms with van der Waals surface area (Å²) in [6.07, 6.45) is 0. The van der Waals surface area contributed by atoms with Crippen molar-refractivity contribution in [2.24, 2.45) is 0 Å². The number of carbonyl (C=O) groups excluding carboxylic acids is 2. The van der Waals surface area contributed by atoms with Crippen molar-refractivity contribution in [2.75, 3.05) is 25.0 Å². The highest BCUT2D eigenvalue weighted by molar-refractivity contribution is 7.92. The number of methoxy groups -OCH3 is 1. The maximum atomic E-state index is 13.8. The van der Waals surface area contributed by atoms with Crippen molar-refractivity contribution in [1.82, 2.24) is 10.2 Å². The van der Waals surface area contributed by atoms with Crippen molar-refractivity contribution in [2.45, 2.75) is 38.3 Å². The monoisotopic (exact) mass is 523 g/mol. The van der Waals surface area contributed by atoms with Crippen LogP contribution in [0.25, 0.3) is 0 Å². The molecule has 0 aliphatic rings. The van der Waals surface area contributed by atoms with Gasteiger partial charge in [0, 0.05) is 13.6 Å². The van der Waals surface area contributed by atoms with Gasteiger partial charge in [-0.25, -0.2) is 8.42 Å². The Morgan fingerprint density at radius 2 is 1.57 bits per heavy atom. The fraction of sp³-hybridized carbons (Fsp3) is 0.286. The number of carbonyl (C=O) groups is 2. The number of likely N-dealkylation sites (N-methyl/N-ethyl adjacent to an activating group) is 1. The van der Waals surface area contributed by atoms with Gasteiger partial charge in [-0.1, -0.05) is 54.1 Å². The number of hydrogen-bond donors (Lipinski definition) is 1. The lowest BCUT2D eigenvalue weighted by Gasteiger charge is -2.32. The summed E-state index contributed by atoms with van der Waals surface area (Å²) >= 11 is 0. The van der Waals surface area contributed by atoms with Gasteiger partial charge in [0.05, 0.1) is 17.7 Å². The van der Waals surface area contributed by atoms with E-state index >= 15 is 0 Å². The van der Waals surface area contributed by atoms with Crippen LogP contribution in [-0.2, 0) is 26.2 Å². The van der Waals surface area contributed by atoms with Crippen molar-refractivity contribution in [3.05, 3.63) is 89.5 Å². The summed E-state index contributed by atoms with van der Waals surface area (Å²) in [4.78, 5) is 27.8. The third-order valence-corrected chi connectivity index (χ3v) is 7.87. The van der Waals surface area contributed by atoms with Gasteiger partial charge in [0.15, 0.2) is 0 Å². The molecule has 1 atom stereocenters. The average molecular weight is 524 g/mol. The number of hydrogen-bond acceptors (Lipinski definition) is 5. The van der Waals surface area contributed by atoms with E-state index in [0.717, 1.165) is 21.0 Å². The second-order valence-electron chi connectivity index (χ2n) is 8.80. The van der Waals surface area contributed by atoms with Crippen LogP contribution in [0.4, 0.5) is 5.69 Å². The molecule has 9 heteroatoms. The molecule has 0 fully saturated rings. The molecule has 3 aromatic rings. The second kappa shape index (κ2) is 11.9. The SMILES string of the molecule is CNC(=O)[C@H](C)N(Cc1ccc(C)cc1)C(=O)CN(c1cc(C)ccc1OC)S(=O)(=O)c1ccccc1. The van der Waals surface area contributed by atoms with E-state index < -0.39 is 28.5 Å². The minimum absolute atomic E-state index is 0.0378. The molecule has 2 amide bonds. The van der Waals surface area contributed by atoms with Crippen LogP contribution in [0.2, 0.25) is 0 Å². The van der Waals surface area contributed by atoms with Gasteiger partial charge in [0.2, 0.25) is 11.8 Å². The molecule has 0 radical (unpaired) electrons. The number of aryl methyl sites for hydroxylation is 2. The molecule has 37 heavy (non-hydrogen) atoms. The zero-order valence-electron chi connectivity index (χ0n) is 21.8. The van der Waals surface area contributed by atoms with Crippen LogP contribution in [0.1, 0.15) is 23.6 Å². The predicted molar refractivity (Wildman–Crippen MR) is 144 cm³/mol. The highest BCUT2D eigenvalue weighted by atomic mass is 32.2. The molecule has 1 N–H and O–H groups in total. The molecule has 0 aliphatic carbocycles. The van der Waals surface area contributed by atoms with Gasteiger partial charge in [-0.2, -0.15) is 0 Å². The van der Waals surface area contributed by atoms with Gasteiger partial charge in [-0.3, -0.25) is 13.9 Å². The Morgan fingerprint density at radius 3 is 2.16 bits per heavy atom. The molecule has 196 valence electrons. The first-order valence-electron chi connectivity index (χ1n) is 11.9. The largest absolute Gasteiger partial charge is 0.495 e. The Bertz CT molecular complexity index is 1340. The molecule has 0 saturated carbocycles. The Labute approximate surface area is 218 Å². The van der Waals surface area contributed by atoms with E-state index in [-0.39, 0.29) is 23.0 Å². The van der Waals surface area contributed by atoms with Crippen LogP contribution in [0.5, 0.6) is 5.75 Å². The summed E-state index contributed by atoms with van der Waals surface area (Å²) in [5.74, 6) is -0.576. The lowest BCUT2D eigenvalue weighted by Crippen LogP contribution is -2.50. The first kappa shape index (κ1) is 27.7. The quantitative estimate of drug-likeness (QED) is 0.438. The van der Waals surface area contributed by atoms with E-state index in [2.05, 4.69) is 5.32 Å². The predicted octanol–water partition coefficient (Wildman–Crippen LogP) is 3.67. The number of sulfonamides is 1. The molecule has 0 spiro atoms. The topological polar surface area (TPSA) is 96.0 Å². The van der Waals surface area contributed by atoms with Crippen molar-refractivity contribution >= 4 is 27.5 Å². The van der Waals surface area contributed by atoms with E-state index in [1.807, 2.05) is 38.1 Å². The number of nitrogens with one attached hydrogen (secondary N) is 1. The molecule has 0 aromatic heterocycles. The first-order valence-corrected chi connectivity index (χ1v) is 13.3. The first-order chi connectivity index (χ1) is 17.6. The number of benzene rings is 3. The summed E-state index contributed by atoms with van der Waals surface area (Å²) in [6.45, 7) is 5.02. The number of amides is 2. The minimum atomic E-state index is -4.16. The van der Waals surface area contributed by atoms with Crippen LogP contribution >= 0.6 is 0 Å². The molecule has 8 nitrogen and oxygen atoms in total. The third kappa shape index (κ3) is 6.48. The molecular weight excluding hydrogens is 490 g/mol. The zero-order valence-corrected chi connectivity index (χ0v) is 22.6. The van der Waals surface area contributed by atoms with Gasteiger partial charge in [-0.15, -0.1) is 0 Å². The molecular formula is C28H33N3O5S. The van der Waals surface area contributed by atoms with E-state index in [1.54, 1.807) is 43.3 Å². The van der Waals surface area contributed by atoms with Crippen LogP contribution < -0.4 is 14.4 Å². The average Bonchev–Trinajstić information content (AvgIpc) is 2.90. The normalized spacial score (nSPS) is 11.9. The number of rotatable bonds is 10. The van der Waals surface area contributed by atoms with Crippen LogP contribution in [0.15, 0.2) is 77.7 Å². The second-order valence-corrected chi connectivity index (χ2v) is 10.7. The number of ether oxygens (including phenoxy) is 1. The molecule has 3 aromatic carbocycles. The van der Waals surface area contributed by atoms with E-state index in [1.165, 1.54) is 31.2 Å². The molecule has 0 unspecified atom stereocenters. The Kier molecular flexibility index (Phi) is 8.94. The van der Waals surface area contributed by atoms with E-state index in [4.69, 9.17) is 4.74 Å². The van der Waals surface area contributed by atoms with Crippen molar-refractivity contribution in [3.63, 3.8) is 0 Å². The smallest absolute Gasteiger partial charge is 0.264 e. The van der Waals surface area contributed by atoms with Gasteiger partial charge in [0.25, 0.3) is 10.0 Å². The van der Waals surface area contributed by atoms with Crippen LogP contribution in [-0.4, -0.2) is 51.9 Å². The van der Waals surface area contributed by atoms with Gasteiger partial charge >= 0.3 is 0 Å². The van der Waals surface area contributed by atoms with Crippen LogP contribution in [0, 0.1) is 13.8 Å². The number of anilines is 1. The third-order valence-electron chi connectivity index (χ3n) is 6.10. The van der Waals surface area contributed by atoms with Gasteiger partial charge < -0.3 is 15.0 Å². The molecule has 3 rings (SSSR count). The highest BCUT2D eigenvalue weighted by Crippen LogP contribution is 2.33. The summed E-state index contributed by atoms with van der Waals surface area (Å²) < 4.78 is 34.2. The van der Waals surface area contributed by atoms with Crippen molar-refractivity contribution in [3.8, 4) is 5.75 Å². The lowest BCUT2D eigenvalue weighted by atomic mass is 10.1. The fourth-order valence-corrected chi connectivity index (χ4v) is 5.35. The zero-order chi connectivity index (χ0) is 27.2. The highest BCUT2D eigenvalue weighted by Gasteiger charge is 2.33. The molecule has 0 bridgehead atoms. The minimum Gasteiger partial charge on any atom is -0.495 e. The maximum Gasteiger partial charge on any atom is 0.264 e. The van der Waals surface area contributed by atoms with E-state index in [0.29, 0.717) is 5.75 Å². The van der Waals surface area contributed by atoms with Crippen LogP contribution in [0.3, 0.4) is 0 Å².